The summed E-state index contributed by atoms with van der Waals surface area (Å²) < 4.78 is 0. The lowest BCUT2D eigenvalue weighted by molar-refractivity contribution is 0.0797. The molecule has 0 saturated carbocycles. The van der Waals surface area contributed by atoms with E-state index in [1.807, 2.05) is 7.05 Å². The summed E-state index contributed by atoms with van der Waals surface area (Å²) in [5.41, 5.74) is 1.21. The molecule has 23 heavy (non-hydrogen) atoms. The number of likely N-dealkylation sites (N-methyl/N-ethyl adjacent to an activating group) is 2. The van der Waals surface area contributed by atoms with Crippen molar-refractivity contribution >= 4 is 40.6 Å². The molecule has 0 atom stereocenters. The Morgan fingerprint density at radius 3 is 2.74 bits per heavy atom. The Labute approximate surface area is 145 Å². The number of amides is 1. The van der Waals surface area contributed by atoms with Crippen LogP contribution in [0.15, 0.2) is 36.5 Å². The van der Waals surface area contributed by atoms with Gasteiger partial charge >= 0.3 is 0 Å². The van der Waals surface area contributed by atoms with Gasteiger partial charge in [-0.15, -0.1) is 0 Å². The second-order valence-corrected chi connectivity index (χ2v) is 5.80. The number of rotatable bonds is 6. The van der Waals surface area contributed by atoms with Gasteiger partial charge in [-0.25, -0.2) is 4.98 Å². The third-order valence-electron chi connectivity index (χ3n) is 3.26. The van der Waals surface area contributed by atoms with E-state index in [9.17, 15) is 4.79 Å². The molecule has 0 fully saturated rings. The SMILES string of the molecule is CNCCN(C)C(=O)c1cccnc1Nc1ccc(Cl)c(Cl)c1. The molecule has 0 spiro atoms. The smallest absolute Gasteiger partial charge is 0.257 e. The number of carbonyl (C=O) groups excluding carboxylic acids is 1. The first-order chi connectivity index (χ1) is 11.0. The number of benzene rings is 1. The van der Waals surface area contributed by atoms with E-state index < -0.39 is 0 Å². The number of hydrogen-bond donors (Lipinski definition) is 2. The average molecular weight is 353 g/mol. The van der Waals surface area contributed by atoms with Crippen LogP contribution in [-0.2, 0) is 0 Å². The van der Waals surface area contributed by atoms with Crippen molar-refractivity contribution in [3.63, 3.8) is 0 Å². The number of carbonyl (C=O) groups is 1. The van der Waals surface area contributed by atoms with Gasteiger partial charge in [-0.1, -0.05) is 23.2 Å². The third kappa shape index (κ3) is 4.58. The van der Waals surface area contributed by atoms with E-state index in [2.05, 4.69) is 15.6 Å². The lowest BCUT2D eigenvalue weighted by Gasteiger charge is -2.19. The van der Waals surface area contributed by atoms with Crippen LogP contribution < -0.4 is 10.6 Å². The predicted octanol–water partition coefficient (Wildman–Crippen LogP) is 3.42. The maximum atomic E-state index is 12.6. The topological polar surface area (TPSA) is 57.3 Å². The zero-order valence-corrected chi connectivity index (χ0v) is 14.4. The highest BCUT2D eigenvalue weighted by atomic mass is 35.5. The summed E-state index contributed by atoms with van der Waals surface area (Å²) >= 11 is 11.9. The minimum Gasteiger partial charge on any atom is -0.340 e. The second-order valence-electron chi connectivity index (χ2n) is 4.98. The molecule has 2 N–H and O–H groups in total. The van der Waals surface area contributed by atoms with Gasteiger partial charge in [-0.2, -0.15) is 0 Å². The Kier molecular flexibility index (Phi) is 6.21. The van der Waals surface area contributed by atoms with Crippen LogP contribution in [0.1, 0.15) is 10.4 Å². The molecule has 122 valence electrons. The molecule has 1 amide bonds. The van der Waals surface area contributed by atoms with Crippen molar-refractivity contribution in [1.82, 2.24) is 15.2 Å². The molecule has 2 aromatic rings. The molecule has 0 aliphatic carbocycles. The molecule has 5 nitrogen and oxygen atoms in total. The number of halogens is 2. The molecule has 0 saturated heterocycles. The van der Waals surface area contributed by atoms with Crippen molar-refractivity contribution in [3.05, 3.63) is 52.1 Å². The first-order valence-electron chi connectivity index (χ1n) is 7.10. The number of nitrogens with zero attached hydrogens (tertiary/aromatic N) is 2. The van der Waals surface area contributed by atoms with Gasteiger partial charge in [0, 0.05) is 32.0 Å². The van der Waals surface area contributed by atoms with Crippen molar-refractivity contribution in [1.29, 1.82) is 0 Å². The fourth-order valence-electron chi connectivity index (χ4n) is 1.97. The van der Waals surface area contributed by atoms with Gasteiger partial charge in [0.2, 0.25) is 0 Å². The summed E-state index contributed by atoms with van der Waals surface area (Å²) in [6, 6.07) is 8.64. The minimum absolute atomic E-state index is 0.101. The molecule has 1 heterocycles. The molecule has 1 aromatic heterocycles. The van der Waals surface area contributed by atoms with E-state index >= 15 is 0 Å². The standard InChI is InChI=1S/C16H18Cl2N4O/c1-19-8-9-22(2)16(23)12-4-3-7-20-15(12)21-11-5-6-13(17)14(18)10-11/h3-7,10,19H,8-9H2,1-2H3,(H,20,21). The van der Waals surface area contributed by atoms with Crippen LogP contribution in [-0.4, -0.2) is 43.0 Å². The molecule has 0 aliphatic heterocycles. The highest BCUT2D eigenvalue weighted by molar-refractivity contribution is 6.42. The number of anilines is 2. The zero-order chi connectivity index (χ0) is 16.8. The third-order valence-corrected chi connectivity index (χ3v) is 4.00. The summed E-state index contributed by atoms with van der Waals surface area (Å²) in [6.45, 7) is 1.33. The molecular formula is C16H18Cl2N4O. The fourth-order valence-corrected chi connectivity index (χ4v) is 2.27. The minimum atomic E-state index is -0.101. The van der Waals surface area contributed by atoms with E-state index in [0.29, 0.717) is 33.7 Å². The molecule has 0 radical (unpaired) electrons. The second kappa shape index (κ2) is 8.15. The maximum absolute atomic E-state index is 12.6. The Hall–Kier alpha value is -1.82. The van der Waals surface area contributed by atoms with E-state index in [1.165, 1.54) is 0 Å². The van der Waals surface area contributed by atoms with Crippen LogP contribution in [0.25, 0.3) is 0 Å². The summed E-state index contributed by atoms with van der Waals surface area (Å²) in [6.07, 6.45) is 1.63. The maximum Gasteiger partial charge on any atom is 0.257 e. The predicted molar refractivity (Wildman–Crippen MR) is 94.9 cm³/mol. The van der Waals surface area contributed by atoms with Crippen LogP contribution in [0.5, 0.6) is 0 Å². The van der Waals surface area contributed by atoms with Crippen molar-refractivity contribution in [2.24, 2.45) is 0 Å². The molecule has 2 rings (SSSR count). The Morgan fingerprint density at radius 1 is 1.26 bits per heavy atom. The molecule has 0 aliphatic rings. The molecule has 0 unspecified atom stereocenters. The van der Waals surface area contributed by atoms with Crippen molar-refractivity contribution in [3.8, 4) is 0 Å². The van der Waals surface area contributed by atoms with Crippen LogP contribution >= 0.6 is 23.2 Å². The highest BCUT2D eigenvalue weighted by Gasteiger charge is 2.16. The van der Waals surface area contributed by atoms with Gasteiger partial charge in [0.15, 0.2) is 0 Å². The van der Waals surface area contributed by atoms with Crippen molar-refractivity contribution in [2.75, 3.05) is 32.5 Å². The normalized spacial score (nSPS) is 10.4. The summed E-state index contributed by atoms with van der Waals surface area (Å²) in [5.74, 6) is 0.378. The number of aromatic nitrogens is 1. The summed E-state index contributed by atoms with van der Waals surface area (Å²) in [7, 11) is 3.61. The monoisotopic (exact) mass is 352 g/mol. The number of hydrogen-bond acceptors (Lipinski definition) is 4. The first-order valence-corrected chi connectivity index (χ1v) is 7.85. The Morgan fingerprint density at radius 2 is 2.04 bits per heavy atom. The van der Waals surface area contributed by atoms with Gasteiger partial charge in [0.05, 0.1) is 15.6 Å². The van der Waals surface area contributed by atoms with Crippen molar-refractivity contribution < 1.29 is 4.79 Å². The molecule has 1 aromatic carbocycles. The number of pyridine rings is 1. The lowest BCUT2D eigenvalue weighted by Crippen LogP contribution is -2.33. The van der Waals surface area contributed by atoms with Crippen molar-refractivity contribution in [2.45, 2.75) is 0 Å². The molecular weight excluding hydrogens is 335 g/mol. The van der Waals surface area contributed by atoms with Gasteiger partial charge < -0.3 is 15.5 Å². The van der Waals surface area contributed by atoms with E-state index in [4.69, 9.17) is 23.2 Å². The largest absolute Gasteiger partial charge is 0.340 e. The van der Waals surface area contributed by atoms with E-state index in [-0.39, 0.29) is 5.91 Å². The zero-order valence-electron chi connectivity index (χ0n) is 12.9. The summed E-state index contributed by atoms with van der Waals surface area (Å²) in [5, 5.41) is 7.04. The molecule has 7 heteroatoms. The average Bonchev–Trinajstić information content (AvgIpc) is 2.56. The van der Waals surface area contributed by atoms with Gasteiger partial charge in [0.1, 0.15) is 5.82 Å². The van der Waals surface area contributed by atoms with Crippen LogP contribution in [0, 0.1) is 0 Å². The quantitative estimate of drug-likeness (QED) is 0.836. The highest BCUT2D eigenvalue weighted by Crippen LogP contribution is 2.27. The lowest BCUT2D eigenvalue weighted by atomic mass is 10.2. The van der Waals surface area contributed by atoms with Crippen LogP contribution in [0.3, 0.4) is 0 Å². The summed E-state index contributed by atoms with van der Waals surface area (Å²) in [4.78, 5) is 18.5. The van der Waals surface area contributed by atoms with E-state index in [0.717, 1.165) is 6.54 Å². The first kappa shape index (κ1) is 17.5. The molecule has 0 bridgehead atoms. The Bertz CT molecular complexity index is 694. The van der Waals surface area contributed by atoms with E-state index in [1.54, 1.807) is 48.5 Å². The van der Waals surface area contributed by atoms with Crippen LogP contribution in [0.4, 0.5) is 11.5 Å². The van der Waals surface area contributed by atoms with Gasteiger partial charge in [-0.3, -0.25) is 4.79 Å². The Balaban J connectivity index is 2.23. The number of nitrogens with one attached hydrogen (secondary N) is 2. The van der Waals surface area contributed by atoms with Gasteiger partial charge in [0.25, 0.3) is 5.91 Å². The van der Waals surface area contributed by atoms with Crippen LogP contribution in [0.2, 0.25) is 10.0 Å². The van der Waals surface area contributed by atoms with Gasteiger partial charge in [-0.05, 0) is 37.4 Å². The fraction of sp³-hybridized carbons (Fsp3) is 0.250.